The van der Waals surface area contributed by atoms with Crippen LogP contribution in [0.3, 0.4) is 0 Å². The second-order valence-corrected chi connectivity index (χ2v) is 4.11. The molecule has 3 heteroatoms. The lowest BCUT2D eigenvalue weighted by molar-refractivity contribution is 0.255. The molecule has 0 atom stereocenters. The Labute approximate surface area is 113 Å². The van der Waals surface area contributed by atoms with E-state index in [4.69, 9.17) is 5.73 Å². The fourth-order valence-corrected chi connectivity index (χ4v) is 2.09. The molecular formula is C16H16N2O. The van der Waals surface area contributed by atoms with E-state index in [2.05, 4.69) is 6.58 Å². The van der Waals surface area contributed by atoms with Crippen molar-refractivity contribution in [3.05, 3.63) is 72.0 Å². The number of benzene rings is 1. The van der Waals surface area contributed by atoms with Gasteiger partial charge in [-0.2, -0.15) is 0 Å². The lowest BCUT2D eigenvalue weighted by Crippen LogP contribution is -2.35. The number of amides is 2. The molecule has 0 unspecified atom stereocenters. The molecule has 1 aliphatic rings. The number of hydrogen-bond acceptors (Lipinski definition) is 1. The van der Waals surface area contributed by atoms with Crippen LogP contribution in [0.4, 0.5) is 10.5 Å². The first-order valence-corrected chi connectivity index (χ1v) is 6.05. The van der Waals surface area contributed by atoms with Crippen molar-refractivity contribution in [2.24, 2.45) is 5.73 Å². The zero-order chi connectivity index (χ0) is 13.8. The molecule has 1 aromatic carbocycles. The quantitative estimate of drug-likeness (QED) is 0.858. The SMILES string of the molecule is C=CC1=C(/C=C\C)N(C(N)=O)c2ccccc2C=C1. The number of anilines is 1. The third-order valence-electron chi connectivity index (χ3n) is 2.92. The molecule has 0 saturated heterocycles. The number of fused-ring (bicyclic) bond motifs is 1. The number of para-hydroxylation sites is 1. The molecule has 1 heterocycles. The van der Waals surface area contributed by atoms with Crippen LogP contribution in [0.15, 0.2) is 66.4 Å². The fourth-order valence-electron chi connectivity index (χ4n) is 2.09. The second kappa shape index (κ2) is 5.40. The molecule has 0 aliphatic carbocycles. The van der Waals surface area contributed by atoms with Crippen molar-refractivity contribution in [1.29, 1.82) is 0 Å². The van der Waals surface area contributed by atoms with Gasteiger partial charge in [-0.15, -0.1) is 0 Å². The molecule has 0 spiro atoms. The predicted molar refractivity (Wildman–Crippen MR) is 79.6 cm³/mol. The molecule has 1 aromatic rings. The molecule has 19 heavy (non-hydrogen) atoms. The summed E-state index contributed by atoms with van der Waals surface area (Å²) in [5, 5.41) is 0. The molecule has 2 amide bonds. The number of rotatable bonds is 2. The van der Waals surface area contributed by atoms with E-state index in [1.165, 1.54) is 4.90 Å². The van der Waals surface area contributed by atoms with Gasteiger partial charge in [-0.25, -0.2) is 4.79 Å². The zero-order valence-corrected chi connectivity index (χ0v) is 10.8. The van der Waals surface area contributed by atoms with Crippen molar-refractivity contribution in [2.45, 2.75) is 6.92 Å². The molecule has 3 nitrogen and oxygen atoms in total. The minimum Gasteiger partial charge on any atom is -0.351 e. The van der Waals surface area contributed by atoms with E-state index in [0.717, 1.165) is 22.5 Å². The molecule has 0 radical (unpaired) electrons. The number of carbonyl (C=O) groups excluding carboxylic acids is 1. The Hall–Kier alpha value is -2.55. The van der Waals surface area contributed by atoms with Crippen molar-refractivity contribution in [3.63, 3.8) is 0 Å². The van der Waals surface area contributed by atoms with Crippen molar-refractivity contribution < 1.29 is 4.79 Å². The van der Waals surface area contributed by atoms with E-state index in [-0.39, 0.29) is 0 Å². The number of allylic oxidation sites excluding steroid dienone is 5. The Kier molecular flexibility index (Phi) is 3.66. The van der Waals surface area contributed by atoms with Crippen molar-refractivity contribution >= 4 is 17.8 Å². The van der Waals surface area contributed by atoms with E-state index in [1.807, 2.05) is 55.5 Å². The van der Waals surface area contributed by atoms with Gasteiger partial charge in [-0.1, -0.05) is 49.1 Å². The number of hydrogen-bond donors (Lipinski definition) is 1. The van der Waals surface area contributed by atoms with Gasteiger partial charge in [0.15, 0.2) is 0 Å². The fraction of sp³-hybridized carbons (Fsp3) is 0.0625. The molecule has 0 bridgehead atoms. The van der Waals surface area contributed by atoms with E-state index in [0.29, 0.717) is 0 Å². The third-order valence-corrected chi connectivity index (χ3v) is 2.92. The molecule has 1 aliphatic heterocycles. The Balaban J connectivity index is 2.73. The maximum atomic E-state index is 11.8. The van der Waals surface area contributed by atoms with Crippen LogP contribution >= 0.6 is 0 Å². The first kappa shape index (κ1) is 12.9. The Morgan fingerprint density at radius 2 is 2.05 bits per heavy atom. The van der Waals surface area contributed by atoms with E-state index >= 15 is 0 Å². The smallest absolute Gasteiger partial charge is 0.323 e. The second-order valence-electron chi connectivity index (χ2n) is 4.11. The maximum Gasteiger partial charge on any atom is 0.323 e. The molecule has 0 saturated carbocycles. The van der Waals surface area contributed by atoms with Gasteiger partial charge >= 0.3 is 6.03 Å². The first-order valence-electron chi connectivity index (χ1n) is 6.05. The third kappa shape index (κ3) is 2.36. The Morgan fingerprint density at radius 1 is 1.32 bits per heavy atom. The van der Waals surface area contributed by atoms with Gasteiger partial charge in [-0.3, -0.25) is 4.90 Å². The largest absolute Gasteiger partial charge is 0.351 e. The standard InChI is InChI=1S/C16H16N2O/c1-3-7-14-12(4-2)10-11-13-8-5-6-9-15(13)18(14)16(17)19/h3-11H,2H2,1H3,(H2,17,19)/b7-3-. The number of nitrogens with two attached hydrogens (primary N) is 1. The summed E-state index contributed by atoms with van der Waals surface area (Å²) in [7, 11) is 0. The van der Waals surface area contributed by atoms with Crippen LogP contribution in [0.1, 0.15) is 12.5 Å². The summed E-state index contributed by atoms with van der Waals surface area (Å²) in [4.78, 5) is 13.3. The van der Waals surface area contributed by atoms with Crippen LogP contribution in [0, 0.1) is 0 Å². The van der Waals surface area contributed by atoms with Gasteiger partial charge in [0.05, 0.1) is 11.4 Å². The molecule has 2 N–H and O–H groups in total. The topological polar surface area (TPSA) is 46.3 Å². The monoisotopic (exact) mass is 252 g/mol. The van der Waals surface area contributed by atoms with Crippen molar-refractivity contribution in [1.82, 2.24) is 0 Å². The van der Waals surface area contributed by atoms with Crippen LogP contribution < -0.4 is 10.6 Å². The van der Waals surface area contributed by atoms with E-state index in [1.54, 1.807) is 6.08 Å². The van der Waals surface area contributed by atoms with Gasteiger partial charge in [0, 0.05) is 0 Å². The average Bonchev–Trinajstić information content (AvgIpc) is 2.55. The minimum absolute atomic E-state index is 0.511. The summed E-state index contributed by atoms with van der Waals surface area (Å²) in [5.41, 5.74) is 8.85. The van der Waals surface area contributed by atoms with Gasteiger partial charge in [0.2, 0.25) is 0 Å². The molecular weight excluding hydrogens is 236 g/mol. The summed E-state index contributed by atoms with van der Waals surface area (Å²) in [6.07, 6.45) is 9.33. The lowest BCUT2D eigenvalue weighted by Gasteiger charge is -2.23. The highest BCUT2D eigenvalue weighted by molar-refractivity contribution is 5.98. The molecule has 2 rings (SSSR count). The van der Waals surface area contributed by atoms with Crippen LogP contribution in [0.5, 0.6) is 0 Å². The highest BCUT2D eigenvalue weighted by atomic mass is 16.2. The van der Waals surface area contributed by atoms with Gasteiger partial charge in [0.1, 0.15) is 0 Å². The van der Waals surface area contributed by atoms with Crippen molar-refractivity contribution in [2.75, 3.05) is 4.90 Å². The molecule has 0 fully saturated rings. The molecule has 0 aromatic heterocycles. The predicted octanol–water partition coefficient (Wildman–Crippen LogP) is 3.61. The minimum atomic E-state index is -0.511. The first-order chi connectivity index (χ1) is 9.19. The van der Waals surface area contributed by atoms with Gasteiger partial charge in [0.25, 0.3) is 0 Å². The van der Waals surface area contributed by atoms with Crippen LogP contribution in [0.2, 0.25) is 0 Å². The summed E-state index contributed by atoms with van der Waals surface area (Å²) >= 11 is 0. The maximum absolute atomic E-state index is 11.8. The Morgan fingerprint density at radius 3 is 2.68 bits per heavy atom. The highest BCUT2D eigenvalue weighted by Gasteiger charge is 2.21. The summed E-state index contributed by atoms with van der Waals surface area (Å²) in [6, 6.07) is 7.12. The van der Waals surface area contributed by atoms with Crippen LogP contribution in [0.25, 0.3) is 6.08 Å². The molecule has 96 valence electrons. The Bertz CT molecular complexity index is 609. The van der Waals surface area contributed by atoms with Gasteiger partial charge in [-0.05, 0) is 30.2 Å². The highest BCUT2D eigenvalue weighted by Crippen LogP contribution is 2.31. The summed E-state index contributed by atoms with van der Waals surface area (Å²) < 4.78 is 0. The normalized spacial score (nSPS) is 14.5. The van der Waals surface area contributed by atoms with E-state index < -0.39 is 6.03 Å². The number of primary amides is 1. The number of urea groups is 1. The number of carbonyl (C=O) groups is 1. The van der Waals surface area contributed by atoms with Gasteiger partial charge < -0.3 is 5.73 Å². The number of nitrogens with zero attached hydrogens (tertiary/aromatic N) is 1. The zero-order valence-electron chi connectivity index (χ0n) is 10.8. The summed E-state index contributed by atoms with van der Waals surface area (Å²) in [5.74, 6) is 0. The van der Waals surface area contributed by atoms with Crippen LogP contribution in [-0.2, 0) is 0 Å². The summed E-state index contributed by atoms with van der Waals surface area (Å²) in [6.45, 7) is 5.69. The van der Waals surface area contributed by atoms with Crippen molar-refractivity contribution in [3.8, 4) is 0 Å². The van der Waals surface area contributed by atoms with Crippen LogP contribution in [-0.4, -0.2) is 6.03 Å². The van der Waals surface area contributed by atoms with E-state index in [9.17, 15) is 4.79 Å². The lowest BCUT2D eigenvalue weighted by atomic mass is 10.1. The average molecular weight is 252 g/mol.